The first-order chi connectivity index (χ1) is 13.0. The molecule has 2 aromatic rings. The molecule has 0 spiro atoms. The lowest BCUT2D eigenvalue weighted by molar-refractivity contribution is -0.119. The zero-order chi connectivity index (χ0) is 19.6. The molecule has 3 rings (SSSR count). The van der Waals surface area contributed by atoms with E-state index in [0.717, 1.165) is 4.90 Å². The fraction of sp³-hybridized carbons (Fsp3) is 0.200. The van der Waals surface area contributed by atoms with Gasteiger partial charge in [0, 0.05) is 0 Å². The van der Waals surface area contributed by atoms with Crippen LogP contribution in [0.5, 0.6) is 17.2 Å². The first kappa shape index (κ1) is 18.8. The molecule has 1 aliphatic rings. The average molecular weight is 388 g/mol. The molecule has 0 radical (unpaired) electrons. The standard InChI is InChI=1S/C20H18ClNO5/c1-4-27-14-8-6-13(7-9-14)22-19(23)17(18(21)20(22)24)12-5-10-15(25-2)16(11-12)26-3/h5-11H,4H2,1-3H3. The molecule has 1 aliphatic heterocycles. The highest BCUT2D eigenvalue weighted by molar-refractivity contribution is 6.60. The van der Waals surface area contributed by atoms with Crippen LogP contribution < -0.4 is 19.1 Å². The van der Waals surface area contributed by atoms with Crippen LogP contribution in [0.15, 0.2) is 47.5 Å². The lowest BCUT2D eigenvalue weighted by Gasteiger charge is -2.16. The summed E-state index contributed by atoms with van der Waals surface area (Å²) in [5.41, 5.74) is 1.02. The zero-order valence-electron chi connectivity index (χ0n) is 15.1. The van der Waals surface area contributed by atoms with Crippen molar-refractivity contribution in [2.24, 2.45) is 0 Å². The summed E-state index contributed by atoms with van der Waals surface area (Å²) in [7, 11) is 3.01. The van der Waals surface area contributed by atoms with Gasteiger partial charge in [0.05, 0.1) is 32.1 Å². The van der Waals surface area contributed by atoms with Crippen LogP contribution in [0.2, 0.25) is 0 Å². The number of ether oxygens (including phenoxy) is 3. The van der Waals surface area contributed by atoms with Crippen molar-refractivity contribution in [3.63, 3.8) is 0 Å². The lowest BCUT2D eigenvalue weighted by Crippen LogP contribution is -2.31. The van der Waals surface area contributed by atoms with Crippen molar-refractivity contribution in [1.29, 1.82) is 0 Å². The van der Waals surface area contributed by atoms with E-state index in [-0.39, 0.29) is 10.6 Å². The molecule has 0 unspecified atom stereocenters. The Hall–Kier alpha value is -2.99. The molecule has 0 N–H and O–H groups in total. The van der Waals surface area contributed by atoms with E-state index in [0.29, 0.717) is 35.1 Å². The summed E-state index contributed by atoms with van der Waals surface area (Å²) in [5.74, 6) is 0.529. The van der Waals surface area contributed by atoms with Crippen molar-refractivity contribution < 1.29 is 23.8 Å². The minimum atomic E-state index is -0.574. The molecule has 0 bridgehead atoms. The molecule has 2 amide bonds. The molecule has 27 heavy (non-hydrogen) atoms. The van der Waals surface area contributed by atoms with Gasteiger partial charge in [-0.1, -0.05) is 17.7 Å². The smallest absolute Gasteiger partial charge is 0.277 e. The summed E-state index contributed by atoms with van der Waals surface area (Å²) in [4.78, 5) is 26.6. The van der Waals surface area contributed by atoms with Gasteiger partial charge in [-0.3, -0.25) is 9.59 Å². The molecule has 0 saturated carbocycles. The summed E-state index contributed by atoms with van der Waals surface area (Å²) in [5, 5.41) is -0.138. The van der Waals surface area contributed by atoms with Gasteiger partial charge in [0.2, 0.25) is 0 Å². The molecule has 6 nitrogen and oxygen atoms in total. The number of anilines is 1. The second kappa shape index (κ2) is 7.72. The molecule has 0 saturated heterocycles. The third-order valence-electron chi connectivity index (χ3n) is 4.11. The highest BCUT2D eigenvalue weighted by Crippen LogP contribution is 2.38. The van der Waals surface area contributed by atoms with Crippen molar-refractivity contribution in [2.45, 2.75) is 6.92 Å². The van der Waals surface area contributed by atoms with E-state index in [1.54, 1.807) is 42.5 Å². The average Bonchev–Trinajstić information content (AvgIpc) is 2.91. The van der Waals surface area contributed by atoms with Gasteiger partial charge < -0.3 is 14.2 Å². The Morgan fingerprint density at radius 2 is 1.59 bits per heavy atom. The molecule has 1 heterocycles. The van der Waals surface area contributed by atoms with Gasteiger partial charge in [-0.15, -0.1) is 0 Å². The molecule has 0 aliphatic carbocycles. The number of rotatable bonds is 6. The highest BCUT2D eigenvalue weighted by Gasteiger charge is 2.39. The molecule has 140 valence electrons. The van der Waals surface area contributed by atoms with Gasteiger partial charge in [-0.05, 0) is 48.9 Å². The van der Waals surface area contributed by atoms with Crippen LogP contribution in [-0.4, -0.2) is 32.6 Å². The van der Waals surface area contributed by atoms with E-state index in [2.05, 4.69) is 0 Å². The predicted molar refractivity (Wildman–Crippen MR) is 102 cm³/mol. The maximum absolute atomic E-state index is 13.0. The van der Waals surface area contributed by atoms with Crippen molar-refractivity contribution >= 4 is 34.7 Å². The third kappa shape index (κ3) is 3.36. The van der Waals surface area contributed by atoms with Gasteiger partial charge in [0.15, 0.2) is 11.5 Å². The fourth-order valence-electron chi connectivity index (χ4n) is 2.84. The largest absolute Gasteiger partial charge is 0.494 e. The van der Waals surface area contributed by atoms with Gasteiger partial charge in [0.1, 0.15) is 10.8 Å². The van der Waals surface area contributed by atoms with Crippen molar-refractivity contribution in [2.75, 3.05) is 25.7 Å². The van der Waals surface area contributed by atoms with Crippen molar-refractivity contribution in [3.8, 4) is 17.2 Å². The van der Waals surface area contributed by atoms with Gasteiger partial charge in [-0.25, -0.2) is 4.90 Å². The van der Waals surface area contributed by atoms with Crippen LogP contribution in [0.3, 0.4) is 0 Å². The summed E-state index contributed by atoms with van der Waals surface area (Å²) in [6.07, 6.45) is 0. The topological polar surface area (TPSA) is 65.1 Å². The predicted octanol–water partition coefficient (Wildman–Crippen LogP) is 3.63. The Morgan fingerprint density at radius 1 is 0.926 bits per heavy atom. The number of amides is 2. The summed E-state index contributed by atoms with van der Waals surface area (Å²) in [6, 6.07) is 11.6. The second-order valence-corrected chi connectivity index (χ2v) is 6.01. The number of nitrogens with zero attached hydrogens (tertiary/aromatic N) is 1. The number of carbonyl (C=O) groups is 2. The lowest BCUT2D eigenvalue weighted by atomic mass is 10.1. The normalized spacial score (nSPS) is 14.0. The molecule has 0 fully saturated rings. The summed E-state index contributed by atoms with van der Waals surface area (Å²) in [6.45, 7) is 2.40. The van der Waals surface area contributed by atoms with Gasteiger partial charge in [0.25, 0.3) is 11.8 Å². The number of imide groups is 1. The minimum absolute atomic E-state index is 0.122. The van der Waals surface area contributed by atoms with E-state index in [4.69, 9.17) is 25.8 Å². The Labute approximate surface area is 161 Å². The Balaban J connectivity index is 1.97. The second-order valence-electron chi connectivity index (χ2n) is 5.63. The number of hydrogen-bond donors (Lipinski definition) is 0. The summed E-state index contributed by atoms with van der Waals surface area (Å²) < 4.78 is 15.9. The minimum Gasteiger partial charge on any atom is -0.494 e. The van der Waals surface area contributed by atoms with E-state index < -0.39 is 11.8 Å². The first-order valence-electron chi connectivity index (χ1n) is 8.25. The Morgan fingerprint density at radius 3 is 2.19 bits per heavy atom. The number of methoxy groups -OCH3 is 2. The number of hydrogen-bond acceptors (Lipinski definition) is 5. The molecule has 0 atom stereocenters. The van der Waals surface area contributed by atoms with Gasteiger partial charge in [-0.2, -0.15) is 0 Å². The van der Waals surface area contributed by atoms with E-state index in [9.17, 15) is 9.59 Å². The number of carbonyl (C=O) groups excluding carboxylic acids is 2. The first-order valence-corrected chi connectivity index (χ1v) is 8.63. The summed E-state index contributed by atoms with van der Waals surface area (Å²) >= 11 is 6.22. The van der Waals surface area contributed by atoms with Crippen LogP contribution in [0.25, 0.3) is 5.57 Å². The van der Waals surface area contributed by atoms with Crippen LogP contribution in [0, 0.1) is 0 Å². The SMILES string of the molecule is CCOc1ccc(N2C(=O)C(Cl)=C(c3ccc(OC)c(OC)c3)C2=O)cc1. The van der Waals surface area contributed by atoms with E-state index in [1.807, 2.05) is 6.92 Å². The van der Waals surface area contributed by atoms with Gasteiger partial charge >= 0.3 is 0 Å². The Kier molecular flexibility index (Phi) is 5.37. The van der Waals surface area contributed by atoms with E-state index >= 15 is 0 Å². The molecule has 7 heteroatoms. The number of benzene rings is 2. The van der Waals surface area contributed by atoms with Crippen LogP contribution in [0.4, 0.5) is 5.69 Å². The third-order valence-corrected chi connectivity index (χ3v) is 4.46. The fourth-order valence-corrected chi connectivity index (χ4v) is 3.11. The maximum atomic E-state index is 13.0. The van der Waals surface area contributed by atoms with E-state index in [1.165, 1.54) is 14.2 Å². The van der Waals surface area contributed by atoms with Crippen molar-refractivity contribution in [3.05, 3.63) is 53.1 Å². The highest BCUT2D eigenvalue weighted by atomic mass is 35.5. The monoisotopic (exact) mass is 387 g/mol. The molecular weight excluding hydrogens is 370 g/mol. The number of halogens is 1. The Bertz CT molecular complexity index is 920. The van der Waals surface area contributed by atoms with Crippen molar-refractivity contribution in [1.82, 2.24) is 0 Å². The molecule has 0 aromatic heterocycles. The van der Waals surface area contributed by atoms with Crippen LogP contribution >= 0.6 is 11.6 Å². The zero-order valence-corrected chi connectivity index (χ0v) is 15.9. The molecule has 2 aromatic carbocycles. The van der Waals surface area contributed by atoms with Crippen LogP contribution in [0.1, 0.15) is 12.5 Å². The quantitative estimate of drug-likeness (QED) is 0.708. The van der Waals surface area contributed by atoms with Crippen LogP contribution in [-0.2, 0) is 9.59 Å². The molecular formula is C20H18ClNO5. The maximum Gasteiger partial charge on any atom is 0.277 e.